The van der Waals surface area contributed by atoms with Crippen LogP contribution >= 0.6 is 11.6 Å². The SMILES string of the molecule is COC(=O)c1cc(NC(=O)c2ccc(CN3CCN(S(=O)(=O)c4ccc(C)cc4)CC3)cc2)ccc1Cl. The maximum atomic E-state index is 12.9. The van der Waals surface area contributed by atoms with Crippen LogP contribution in [0.5, 0.6) is 0 Å². The van der Waals surface area contributed by atoms with E-state index in [-0.39, 0.29) is 16.5 Å². The minimum atomic E-state index is -3.50. The maximum absolute atomic E-state index is 12.9. The summed E-state index contributed by atoms with van der Waals surface area (Å²) in [6, 6.07) is 18.8. The molecule has 0 saturated carbocycles. The van der Waals surface area contributed by atoms with Gasteiger partial charge in [0.2, 0.25) is 10.0 Å². The summed E-state index contributed by atoms with van der Waals surface area (Å²) in [4.78, 5) is 27.0. The first kappa shape index (κ1) is 26.8. The molecule has 37 heavy (non-hydrogen) atoms. The molecule has 0 aromatic heterocycles. The fraction of sp³-hybridized carbons (Fsp3) is 0.259. The minimum Gasteiger partial charge on any atom is -0.465 e. The van der Waals surface area contributed by atoms with E-state index in [9.17, 15) is 18.0 Å². The third kappa shape index (κ3) is 6.37. The molecule has 1 aliphatic heterocycles. The summed E-state index contributed by atoms with van der Waals surface area (Å²) in [5, 5.41) is 3.00. The first-order valence-corrected chi connectivity index (χ1v) is 13.6. The predicted octanol–water partition coefficient (Wildman–Crippen LogP) is 4.19. The summed E-state index contributed by atoms with van der Waals surface area (Å²) >= 11 is 6.03. The second-order valence-electron chi connectivity index (χ2n) is 8.83. The Kier molecular flexibility index (Phi) is 8.29. The number of halogens is 1. The van der Waals surface area contributed by atoms with E-state index in [1.54, 1.807) is 30.3 Å². The Hall–Kier alpha value is -3.24. The monoisotopic (exact) mass is 541 g/mol. The lowest BCUT2D eigenvalue weighted by atomic mass is 10.1. The lowest BCUT2D eigenvalue weighted by molar-refractivity contribution is 0.0600. The van der Waals surface area contributed by atoms with Gasteiger partial charge in [0.15, 0.2) is 0 Å². The number of amides is 1. The van der Waals surface area contributed by atoms with Gasteiger partial charge in [0.1, 0.15) is 0 Å². The number of rotatable bonds is 7. The molecule has 0 aliphatic carbocycles. The molecule has 1 fully saturated rings. The van der Waals surface area contributed by atoms with E-state index < -0.39 is 16.0 Å². The molecule has 1 heterocycles. The summed E-state index contributed by atoms with van der Waals surface area (Å²) in [5.41, 5.74) is 3.10. The number of hydrogen-bond acceptors (Lipinski definition) is 6. The van der Waals surface area contributed by atoms with Crippen molar-refractivity contribution in [3.8, 4) is 0 Å². The molecule has 4 rings (SSSR count). The molecule has 3 aromatic carbocycles. The molecule has 10 heteroatoms. The zero-order chi connectivity index (χ0) is 26.6. The highest BCUT2D eigenvalue weighted by molar-refractivity contribution is 7.89. The van der Waals surface area contributed by atoms with Crippen molar-refractivity contribution >= 4 is 39.2 Å². The number of benzene rings is 3. The molecule has 1 saturated heterocycles. The molecule has 8 nitrogen and oxygen atoms in total. The maximum Gasteiger partial charge on any atom is 0.339 e. The summed E-state index contributed by atoms with van der Waals surface area (Å²) < 4.78 is 32.1. The third-order valence-electron chi connectivity index (χ3n) is 6.24. The molecule has 0 radical (unpaired) electrons. The highest BCUT2D eigenvalue weighted by Gasteiger charge is 2.28. The molecule has 1 N–H and O–H groups in total. The topological polar surface area (TPSA) is 96.0 Å². The number of methoxy groups -OCH3 is 1. The Bertz CT molecular complexity index is 1380. The second kappa shape index (κ2) is 11.4. The number of anilines is 1. The van der Waals surface area contributed by atoms with Gasteiger partial charge in [-0.05, 0) is 55.0 Å². The smallest absolute Gasteiger partial charge is 0.339 e. The number of piperazine rings is 1. The molecule has 0 spiro atoms. The molecular weight excluding hydrogens is 514 g/mol. The van der Waals surface area contributed by atoms with Crippen molar-refractivity contribution in [1.82, 2.24) is 9.21 Å². The number of esters is 1. The van der Waals surface area contributed by atoms with Gasteiger partial charge in [0.05, 0.1) is 22.6 Å². The molecule has 0 atom stereocenters. The Morgan fingerprint density at radius 3 is 2.22 bits per heavy atom. The Balaban J connectivity index is 1.32. The number of carbonyl (C=O) groups is 2. The number of carbonyl (C=O) groups excluding carboxylic acids is 2. The molecule has 3 aromatic rings. The summed E-state index contributed by atoms with van der Waals surface area (Å²) in [7, 11) is -2.24. The van der Waals surface area contributed by atoms with Gasteiger partial charge in [0, 0.05) is 44.0 Å². The van der Waals surface area contributed by atoms with Gasteiger partial charge in [-0.25, -0.2) is 13.2 Å². The van der Waals surface area contributed by atoms with E-state index in [1.807, 2.05) is 31.2 Å². The number of sulfonamides is 1. The van der Waals surface area contributed by atoms with E-state index in [4.69, 9.17) is 16.3 Å². The lowest BCUT2D eigenvalue weighted by Gasteiger charge is -2.34. The van der Waals surface area contributed by atoms with E-state index in [1.165, 1.54) is 23.5 Å². The zero-order valence-corrected chi connectivity index (χ0v) is 22.2. The first-order chi connectivity index (χ1) is 17.7. The average Bonchev–Trinajstić information content (AvgIpc) is 2.90. The van der Waals surface area contributed by atoms with Crippen molar-refractivity contribution in [2.45, 2.75) is 18.4 Å². The summed E-state index contributed by atoms with van der Waals surface area (Å²) in [6.07, 6.45) is 0. The van der Waals surface area contributed by atoms with Crippen LogP contribution in [0.1, 0.15) is 31.8 Å². The van der Waals surface area contributed by atoms with E-state index in [2.05, 4.69) is 10.2 Å². The molecular formula is C27H28ClN3O5S. The molecule has 0 bridgehead atoms. The normalized spacial score (nSPS) is 14.8. The van der Waals surface area contributed by atoms with Crippen LogP contribution in [-0.2, 0) is 21.3 Å². The summed E-state index contributed by atoms with van der Waals surface area (Å²) in [6.45, 7) is 4.66. The fourth-order valence-corrected chi connectivity index (χ4v) is 5.70. The van der Waals surface area contributed by atoms with Crippen LogP contribution in [0.3, 0.4) is 0 Å². The van der Waals surface area contributed by atoms with Crippen molar-refractivity contribution in [3.05, 3.63) is 94.0 Å². The standard InChI is InChI=1S/C27H28ClN3O5S/c1-19-3-10-23(11-4-19)37(34,35)31-15-13-30(14-16-31)18-20-5-7-21(8-6-20)26(32)29-22-9-12-25(28)24(17-22)27(33)36-2/h3-12,17H,13-16,18H2,1-2H3,(H,29,32). The quantitative estimate of drug-likeness (QED) is 0.451. The van der Waals surface area contributed by atoms with Crippen molar-refractivity contribution in [3.63, 3.8) is 0 Å². The van der Waals surface area contributed by atoms with E-state index in [0.717, 1.165) is 11.1 Å². The Morgan fingerprint density at radius 2 is 1.59 bits per heavy atom. The van der Waals surface area contributed by atoms with Crippen LogP contribution in [0.15, 0.2) is 71.6 Å². The van der Waals surface area contributed by atoms with Crippen LogP contribution in [0.25, 0.3) is 0 Å². The van der Waals surface area contributed by atoms with Crippen molar-refractivity contribution in [2.75, 3.05) is 38.6 Å². The van der Waals surface area contributed by atoms with Crippen LogP contribution < -0.4 is 5.32 Å². The second-order valence-corrected chi connectivity index (χ2v) is 11.2. The van der Waals surface area contributed by atoms with Gasteiger partial charge in [-0.3, -0.25) is 9.69 Å². The Labute approximate surface area is 221 Å². The van der Waals surface area contributed by atoms with Crippen molar-refractivity contribution in [1.29, 1.82) is 0 Å². The Morgan fingerprint density at radius 1 is 0.946 bits per heavy atom. The average molecular weight is 542 g/mol. The molecule has 1 aliphatic rings. The highest BCUT2D eigenvalue weighted by atomic mass is 35.5. The lowest BCUT2D eigenvalue weighted by Crippen LogP contribution is -2.48. The molecule has 1 amide bonds. The van der Waals surface area contributed by atoms with Gasteiger partial charge in [0.25, 0.3) is 5.91 Å². The van der Waals surface area contributed by atoms with Gasteiger partial charge in [-0.15, -0.1) is 0 Å². The number of ether oxygens (including phenoxy) is 1. The number of aryl methyl sites for hydroxylation is 1. The van der Waals surface area contributed by atoms with Gasteiger partial charge < -0.3 is 10.1 Å². The largest absolute Gasteiger partial charge is 0.465 e. The molecule has 194 valence electrons. The highest BCUT2D eigenvalue weighted by Crippen LogP contribution is 2.22. The minimum absolute atomic E-state index is 0.170. The third-order valence-corrected chi connectivity index (χ3v) is 8.48. The van der Waals surface area contributed by atoms with Crippen LogP contribution in [-0.4, -0.2) is 62.8 Å². The van der Waals surface area contributed by atoms with Crippen LogP contribution in [0.4, 0.5) is 5.69 Å². The van der Waals surface area contributed by atoms with Crippen LogP contribution in [0, 0.1) is 6.92 Å². The van der Waals surface area contributed by atoms with Gasteiger partial charge in [-0.1, -0.05) is 41.4 Å². The first-order valence-electron chi connectivity index (χ1n) is 11.7. The van der Waals surface area contributed by atoms with E-state index in [0.29, 0.717) is 48.9 Å². The van der Waals surface area contributed by atoms with E-state index >= 15 is 0 Å². The fourth-order valence-electron chi connectivity index (χ4n) is 4.08. The van der Waals surface area contributed by atoms with Gasteiger partial charge >= 0.3 is 5.97 Å². The number of nitrogens with one attached hydrogen (secondary N) is 1. The van der Waals surface area contributed by atoms with Crippen LogP contribution in [0.2, 0.25) is 5.02 Å². The number of hydrogen-bond donors (Lipinski definition) is 1. The van der Waals surface area contributed by atoms with Crippen molar-refractivity contribution in [2.24, 2.45) is 0 Å². The molecule has 0 unspecified atom stereocenters. The van der Waals surface area contributed by atoms with Crippen molar-refractivity contribution < 1.29 is 22.7 Å². The zero-order valence-electron chi connectivity index (χ0n) is 20.6. The van der Waals surface area contributed by atoms with Gasteiger partial charge in [-0.2, -0.15) is 4.31 Å². The number of nitrogens with zero attached hydrogens (tertiary/aromatic N) is 2. The summed E-state index contributed by atoms with van der Waals surface area (Å²) in [5.74, 6) is -0.904. The predicted molar refractivity (Wildman–Crippen MR) is 142 cm³/mol.